The first-order valence-electron chi connectivity index (χ1n) is 7.26. The maximum absolute atomic E-state index is 13.4. The van der Waals surface area contributed by atoms with Gasteiger partial charge in [0.2, 0.25) is 0 Å². The second-order valence-electron chi connectivity index (χ2n) is 6.03. The highest BCUT2D eigenvalue weighted by Gasteiger charge is 2.23. The Morgan fingerprint density at radius 3 is 2.95 bits per heavy atom. The number of piperazine rings is 1. The molecule has 0 radical (unpaired) electrons. The van der Waals surface area contributed by atoms with Crippen LogP contribution in [0.4, 0.5) is 4.39 Å². The van der Waals surface area contributed by atoms with E-state index < -0.39 is 0 Å². The first-order valence-corrected chi connectivity index (χ1v) is 7.26. The zero-order valence-corrected chi connectivity index (χ0v) is 12.2. The van der Waals surface area contributed by atoms with E-state index in [-0.39, 0.29) is 5.82 Å². The predicted octanol–water partition coefficient (Wildman–Crippen LogP) is 2.95. The molecule has 3 heteroatoms. The van der Waals surface area contributed by atoms with Crippen LogP contribution in [0, 0.1) is 18.7 Å². The summed E-state index contributed by atoms with van der Waals surface area (Å²) in [6.45, 7) is 10.6. The Kier molecular flexibility index (Phi) is 4.94. The van der Waals surface area contributed by atoms with Crippen LogP contribution >= 0.6 is 0 Å². The lowest BCUT2D eigenvalue weighted by atomic mass is 9.99. The molecule has 1 atom stereocenters. The highest BCUT2D eigenvalue weighted by molar-refractivity contribution is 5.26. The monoisotopic (exact) mass is 264 g/mol. The molecular weight excluding hydrogens is 239 g/mol. The third-order valence-electron chi connectivity index (χ3n) is 3.90. The van der Waals surface area contributed by atoms with E-state index >= 15 is 0 Å². The SMILES string of the molecule is Cc1ccc(F)cc1CN1CCNCC1CC(C)C. The number of benzene rings is 1. The van der Waals surface area contributed by atoms with Crippen molar-refractivity contribution in [3.63, 3.8) is 0 Å². The molecule has 2 nitrogen and oxygen atoms in total. The lowest BCUT2D eigenvalue weighted by Gasteiger charge is -2.37. The Labute approximate surface area is 116 Å². The molecule has 0 amide bonds. The van der Waals surface area contributed by atoms with Crippen molar-refractivity contribution in [2.75, 3.05) is 19.6 Å². The lowest BCUT2D eigenvalue weighted by Crippen LogP contribution is -2.51. The standard InChI is InChI=1S/C16H25FN2/c1-12(2)8-16-10-18-6-7-19(16)11-14-9-15(17)5-4-13(14)3/h4-5,9,12,16,18H,6-8,10-11H2,1-3H3. The molecule has 1 fully saturated rings. The summed E-state index contributed by atoms with van der Waals surface area (Å²) in [4.78, 5) is 2.50. The Morgan fingerprint density at radius 1 is 1.42 bits per heavy atom. The van der Waals surface area contributed by atoms with Crippen LogP contribution < -0.4 is 5.32 Å². The lowest BCUT2D eigenvalue weighted by molar-refractivity contribution is 0.134. The fraction of sp³-hybridized carbons (Fsp3) is 0.625. The van der Waals surface area contributed by atoms with Crippen LogP contribution in [0.3, 0.4) is 0 Å². The van der Waals surface area contributed by atoms with E-state index in [2.05, 4.69) is 31.0 Å². The van der Waals surface area contributed by atoms with Crippen molar-refractivity contribution in [3.05, 3.63) is 35.1 Å². The predicted molar refractivity (Wildman–Crippen MR) is 77.7 cm³/mol. The Morgan fingerprint density at radius 2 is 2.21 bits per heavy atom. The van der Waals surface area contributed by atoms with Gasteiger partial charge in [-0.25, -0.2) is 4.39 Å². The largest absolute Gasteiger partial charge is 0.314 e. The van der Waals surface area contributed by atoms with Gasteiger partial charge in [-0.05, 0) is 42.5 Å². The fourth-order valence-electron chi connectivity index (χ4n) is 2.82. The molecule has 2 rings (SSSR count). The number of hydrogen-bond donors (Lipinski definition) is 1. The highest BCUT2D eigenvalue weighted by atomic mass is 19.1. The molecule has 1 aromatic carbocycles. The molecule has 1 N–H and O–H groups in total. The van der Waals surface area contributed by atoms with Crippen LogP contribution in [0.2, 0.25) is 0 Å². The molecule has 1 saturated heterocycles. The minimum absolute atomic E-state index is 0.129. The van der Waals surface area contributed by atoms with Gasteiger partial charge in [0.25, 0.3) is 0 Å². The van der Waals surface area contributed by atoms with Crippen LogP contribution in [-0.2, 0) is 6.54 Å². The Hall–Kier alpha value is -0.930. The van der Waals surface area contributed by atoms with Gasteiger partial charge in [0.05, 0.1) is 0 Å². The summed E-state index contributed by atoms with van der Waals surface area (Å²) < 4.78 is 13.4. The van der Waals surface area contributed by atoms with Crippen molar-refractivity contribution in [1.82, 2.24) is 10.2 Å². The van der Waals surface area contributed by atoms with E-state index in [4.69, 9.17) is 0 Å². The first-order chi connectivity index (χ1) is 9.06. The van der Waals surface area contributed by atoms with Crippen LogP contribution in [-0.4, -0.2) is 30.6 Å². The number of rotatable bonds is 4. The van der Waals surface area contributed by atoms with E-state index in [1.165, 1.54) is 12.0 Å². The number of aryl methyl sites for hydroxylation is 1. The molecule has 1 unspecified atom stereocenters. The third-order valence-corrected chi connectivity index (χ3v) is 3.90. The van der Waals surface area contributed by atoms with Gasteiger partial charge >= 0.3 is 0 Å². The summed E-state index contributed by atoms with van der Waals surface area (Å²) in [6.07, 6.45) is 1.20. The summed E-state index contributed by atoms with van der Waals surface area (Å²) in [6, 6.07) is 5.67. The zero-order chi connectivity index (χ0) is 13.8. The number of nitrogens with zero attached hydrogens (tertiary/aromatic N) is 1. The molecular formula is C16H25FN2. The maximum atomic E-state index is 13.4. The average Bonchev–Trinajstić information content (AvgIpc) is 2.35. The van der Waals surface area contributed by atoms with Crippen molar-refractivity contribution in [2.45, 2.75) is 39.8 Å². The second kappa shape index (κ2) is 6.49. The topological polar surface area (TPSA) is 15.3 Å². The van der Waals surface area contributed by atoms with Gasteiger partial charge in [0.15, 0.2) is 0 Å². The summed E-state index contributed by atoms with van der Waals surface area (Å²) in [5.41, 5.74) is 2.30. The van der Waals surface area contributed by atoms with Crippen molar-refractivity contribution in [1.29, 1.82) is 0 Å². The highest BCUT2D eigenvalue weighted by Crippen LogP contribution is 2.19. The number of nitrogens with one attached hydrogen (secondary N) is 1. The van der Waals surface area contributed by atoms with Gasteiger partial charge in [-0.15, -0.1) is 0 Å². The molecule has 1 heterocycles. The van der Waals surface area contributed by atoms with Crippen molar-refractivity contribution >= 4 is 0 Å². The van der Waals surface area contributed by atoms with Gasteiger partial charge in [0, 0.05) is 32.2 Å². The Bertz CT molecular complexity index is 417. The van der Waals surface area contributed by atoms with Gasteiger partial charge in [-0.1, -0.05) is 19.9 Å². The molecule has 19 heavy (non-hydrogen) atoms. The van der Waals surface area contributed by atoms with Crippen LogP contribution in [0.25, 0.3) is 0 Å². The van der Waals surface area contributed by atoms with Crippen LogP contribution in [0.1, 0.15) is 31.4 Å². The molecule has 0 aliphatic carbocycles. The third kappa shape index (κ3) is 4.02. The van der Waals surface area contributed by atoms with E-state index in [9.17, 15) is 4.39 Å². The van der Waals surface area contributed by atoms with Crippen molar-refractivity contribution < 1.29 is 4.39 Å². The molecule has 1 aromatic rings. The van der Waals surface area contributed by atoms with Gasteiger partial charge < -0.3 is 5.32 Å². The van der Waals surface area contributed by atoms with Gasteiger partial charge in [0.1, 0.15) is 5.82 Å². The molecule has 1 aliphatic heterocycles. The minimum atomic E-state index is -0.129. The summed E-state index contributed by atoms with van der Waals surface area (Å²) in [5, 5.41) is 3.47. The van der Waals surface area contributed by atoms with E-state index in [0.29, 0.717) is 12.0 Å². The van der Waals surface area contributed by atoms with E-state index in [1.54, 1.807) is 12.1 Å². The maximum Gasteiger partial charge on any atom is 0.123 e. The first kappa shape index (κ1) is 14.5. The van der Waals surface area contributed by atoms with Crippen molar-refractivity contribution in [2.24, 2.45) is 5.92 Å². The zero-order valence-electron chi connectivity index (χ0n) is 12.2. The molecule has 106 valence electrons. The summed E-state index contributed by atoms with van der Waals surface area (Å²) >= 11 is 0. The number of hydrogen-bond acceptors (Lipinski definition) is 2. The molecule has 0 saturated carbocycles. The molecule has 0 bridgehead atoms. The summed E-state index contributed by atoms with van der Waals surface area (Å²) in [7, 11) is 0. The van der Waals surface area contributed by atoms with Crippen molar-refractivity contribution in [3.8, 4) is 0 Å². The average molecular weight is 264 g/mol. The molecule has 1 aliphatic rings. The van der Waals surface area contributed by atoms with E-state index in [1.807, 2.05) is 6.07 Å². The van der Waals surface area contributed by atoms with Gasteiger partial charge in [-0.2, -0.15) is 0 Å². The van der Waals surface area contributed by atoms with Crippen LogP contribution in [0.5, 0.6) is 0 Å². The molecule has 0 aromatic heterocycles. The second-order valence-corrected chi connectivity index (χ2v) is 6.03. The minimum Gasteiger partial charge on any atom is -0.314 e. The fourth-order valence-corrected chi connectivity index (χ4v) is 2.82. The number of halogens is 1. The summed E-state index contributed by atoms with van der Waals surface area (Å²) in [5.74, 6) is 0.567. The quantitative estimate of drug-likeness (QED) is 0.899. The van der Waals surface area contributed by atoms with Crippen LogP contribution in [0.15, 0.2) is 18.2 Å². The van der Waals surface area contributed by atoms with E-state index in [0.717, 1.165) is 31.7 Å². The Balaban J connectivity index is 2.08. The molecule has 0 spiro atoms. The normalized spacial score (nSPS) is 21.0. The smallest absolute Gasteiger partial charge is 0.123 e. The van der Waals surface area contributed by atoms with Gasteiger partial charge in [-0.3, -0.25) is 4.90 Å².